The van der Waals surface area contributed by atoms with E-state index < -0.39 is 35.1 Å². The van der Waals surface area contributed by atoms with Gasteiger partial charge in [-0.1, -0.05) is 61.9 Å². The van der Waals surface area contributed by atoms with Crippen LogP contribution in [-0.4, -0.2) is 10.2 Å². The number of phenolic OH excluding ortho intramolecular Hbond substituents is 1. The molecular formula is C29H24F4O3. The number of aromatic hydroxyl groups is 1. The Balaban J connectivity index is 1.50. The number of ether oxygens (including phenoxy) is 1. The molecule has 186 valence electrons. The summed E-state index contributed by atoms with van der Waals surface area (Å²) in [5.74, 6) is -5.01. The van der Waals surface area contributed by atoms with E-state index in [9.17, 15) is 27.8 Å². The van der Waals surface area contributed by atoms with Gasteiger partial charge in [0.25, 0.3) is 0 Å². The first kappa shape index (κ1) is 25.3. The zero-order chi connectivity index (χ0) is 25.8. The molecule has 0 spiro atoms. The maximum absolute atomic E-state index is 15.0. The third-order valence-electron chi connectivity index (χ3n) is 5.95. The van der Waals surface area contributed by atoms with Crippen molar-refractivity contribution in [3.05, 3.63) is 107 Å². The normalized spacial score (nSPS) is 11.9. The van der Waals surface area contributed by atoms with Crippen LogP contribution in [0.4, 0.5) is 17.6 Å². The van der Waals surface area contributed by atoms with Gasteiger partial charge >= 0.3 is 0 Å². The molecule has 2 N–H and O–H groups in total. The van der Waals surface area contributed by atoms with Gasteiger partial charge in [0.2, 0.25) is 5.82 Å². The Labute approximate surface area is 206 Å². The number of aliphatic hydroxyl groups excluding tert-OH is 1. The van der Waals surface area contributed by atoms with Crippen molar-refractivity contribution < 1.29 is 32.5 Å². The molecule has 0 aliphatic heterocycles. The van der Waals surface area contributed by atoms with Crippen molar-refractivity contribution in [1.82, 2.24) is 0 Å². The van der Waals surface area contributed by atoms with Crippen LogP contribution in [0, 0.1) is 23.3 Å². The number of aliphatic hydroxyl groups is 1. The van der Waals surface area contributed by atoms with Crippen molar-refractivity contribution in [2.75, 3.05) is 0 Å². The molecule has 0 radical (unpaired) electrons. The molecule has 0 amide bonds. The molecule has 0 bridgehead atoms. The molecule has 4 rings (SSSR count). The Morgan fingerprint density at radius 2 is 1.25 bits per heavy atom. The highest BCUT2D eigenvalue weighted by atomic mass is 19.2. The number of benzene rings is 4. The largest absolute Gasteiger partial charge is 0.505 e. The third kappa shape index (κ3) is 5.21. The Kier molecular flexibility index (Phi) is 7.60. The van der Waals surface area contributed by atoms with E-state index in [-0.39, 0.29) is 23.3 Å². The van der Waals surface area contributed by atoms with Crippen LogP contribution in [0.5, 0.6) is 11.5 Å². The van der Waals surface area contributed by atoms with Gasteiger partial charge in [-0.25, -0.2) is 13.2 Å². The first-order chi connectivity index (χ1) is 17.3. The number of hydrogen-bond donors (Lipinski definition) is 2. The van der Waals surface area contributed by atoms with Crippen LogP contribution in [0.15, 0.2) is 72.8 Å². The number of phenols is 1. The average molecular weight is 497 g/mol. The summed E-state index contributed by atoms with van der Waals surface area (Å²) >= 11 is 0. The summed E-state index contributed by atoms with van der Waals surface area (Å²) in [5.41, 5.74) is 1.71. The molecule has 1 atom stereocenters. The fraction of sp³-hybridized carbons (Fsp3) is 0.172. The Morgan fingerprint density at radius 3 is 1.81 bits per heavy atom. The van der Waals surface area contributed by atoms with Crippen LogP contribution in [0.25, 0.3) is 22.3 Å². The van der Waals surface area contributed by atoms with E-state index in [4.69, 9.17) is 4.74 Å². The maximum Gasteiger partial charge on any atom is 0.200 e. The lowest BCUT2D eigenvalue weighted by Gasteiger charge is -2.13. The van der Waals surface area contributed by atoms with Gasteiger partial charge in [-0.15, -0.1) is 0 Å². The van der Waals surface area contributed by atoms with Gasteiger partial charge in [0.1, 0.15) is 12.4 Å². The van der Waals surface area contributed by atoms with Crippen molar-refractivity contribution in [2.45, 2.75) is 32.5 Å². The SMILES string of the molecule is CCCC(O)c1ccc(-c2ccc(-c3ccc(OCc4ccc(O)c(F)c4F)cc3)c(F)c2F)cc1. The predicted octanol–water partition coefficient (Wildman–Crippen LogP) is 7.70. The lowest BCUT2D eigenvalue weighted by molar-refractivity contribution is 0.166. The smallest absolute Gasteiger partial charge is 0.200 e. The number of hydrogen-bond acceptors (Lipinski definition) is 3. The van der Waals surface area contributed by atoms with Crippen LogP contribution in [0.1, 0.15) is 37.0 Å². The summed E-state index contributed by atoms with van der Waals surface area (Å²) in [5, 5.41) is 19.3. The number of rotatable bonds is 8. The Morgan fingerprint density at radius 1 is 0.694 bits per heavy atom. The second-order valence-electron chi connectivity index (χ2n) is 8.40. The zero-order valence-electron chi connectivity index (χ0n) is 19.4. The van der Waals surface area contributed by atoms with Gasteiger partial charge in [-0.05, 0) is 47.4 Å². The predicted molar refractivity (Wildman–Crippen MR) is 129 cm³/mol. The van der Waals surface area contributed by atoms with Crippen LogP contribution in [0.3, 0.4) is 0 Å². The van der Waals surface area contributed by atoms with Crippen molar-refractivity contribution >= 4 is 0 Å². The van der Waals surface area contributed by atoms with Crippen molar-refractivity contribution in [3.63, 3.8) is 0 Å². The van der Waals surface area contributed by atoms with Crippen molar-refractivity contribution in [2.24, 2.45) is 0 Å². The fourth-order valence-electron chi connectivity index (χ4n) is 3.90. The monoisotopic (exact) mass is 496 g/mol. The van der Waals surface area contributed by atoms with Gasteiger partial charge in [0.05, 0.1) is 6.10 Å². The van der Waals surface area contributed by atoms with Crippen LogP contribution >= 0.6 is 0 Å². The second kappa shape index (κ2) is 10.8. The van der Waals surface area contributed by atoms with E-state index >= 15 is 0 Å². The lowest BCUT2D eigenvalue weighted by atomic mass is 9.97. The highest BCUT2D eigenvalue weighted by Crippen LogP contribution is 2.33. The molecule has 3 nitrogen and oxygen atoms in total. The van der Waals surface area contributed by atoms with Crippen molar-refractivity contribution in [3.8, 4) is 33.8 Å². The summed E-state index contributed by atoms with van der Waals surface area (Å²) < 4.78 is 62.8. The standard InChI is InChI=1S/C29H24F4O3/c1-2-3-24(34)19-6-4-17(5-7-19)22-13-14-23(28(32)27(22)31)18-8-11-21(12-9-18)36-16-20-10-15-25(35)29(33)26(20)30/h4-15,24,34-35H,2-3,16H2,1H3. The van der Waals surface area contributed by atoms with Crippen LogP contribution in [-0.2, 0) is 6.61 Å². The van der Waals surface area contributed by atoms with E-state index in [0.717, 1.165) is 18.1 Å². The minimum Gasteiger partial charge on any atom is -0.505 e. The molecule has 4 aromatic rings. The highest BCUT2D eigenvalue weighted by Gasteiger charge is 2.17. The van der Waals surface area contributed by atoms with E-state index in [0.29, 0.717) is 23.3 Å². The molecule has 4 aromatic carbocycles. The zero-order valence-corrected chi connectivity index (χ0v) is 19.4. The lowest BCUT2D eigenvalue weighted by Crippen LogP contribution is -2.01. The molecule has 0 heterocycles. The van der Waals surface area contributed by atoms with E-state index in [1.807, 2.05) is 6.92 Å². The molecule has 0 aromatic heterocycles. The molecule has 0 aliphatic rings. The van der Waals surface area contributed by atoms with Gasteiger partial charge in [-0.2, -0.15) is 4.39 Å². The van der Waals surface area contributed by atoms with Gasteiger partial charge < -0.3 is 14.9 Å². The number of halogens is 4. The van der Waals surface area contributed by atoms with Gasteiger partial charge in [-0.3, -0.25) is 0 Å². The molecule has 0 saturated carbocycles. The van der Waals surface area contributed by atoms with Crippen LogP contribution in [0.2, 0.25) is 0 Å². The molecular weight excluding hydrogens is 472 g/mol. The molecule has 1 unspecified atom stereocenters. The first-order valence-electron chi connectivity index (χ1n) is 11.5. The third-order valence-corrected chi connectivity index (χ3v) is 5.95. The molecule has 36 heavy (non-hydrogen) atoms. The van der Waals surface area contributed by atoms with Gasteiger partial charge in [0.15, 0.2) is 23.2 Å². The Bertz CT molecular complexity index is 1350. The van der Waals surface area contributed by atoms with E-state index in [2.05, 4.69) is 0 Å². The molecule has 0 fully saturated rings. The minimum absolute atomic E-state index is 0.0597. The first-order valence-corrected chi connectivity index (χ1v) is 11.5. The van der Waals surface area contributed by atoms with Crippen molar-refractivity contribution in [1.29, 1.82) is 0 Å². The maximum atomic E-state index is 15.0. The molecule has 7 heteroatoms. The quantitative estimate of drug-likeness (QED) is 0.246. The molecule has 0 aliphatic carbocycles. The van der Waals surface area contributed by atoms with Crippen LogP contribution < -0.4 is 4.74 Å². The van der Waals surface area contributed by atoms with E-state index in [1.54, 1.807) is 24.3 Å². The molecule has 0 saturated heterocycles. The topological polar surface area (TPSA) is 49.7 Å². The second-order valence-corrected chi connectivity index (χ2v) is 8.40. The Hall–Kier alpha value is -3.84. The summed E-state index contributed by atoms with van der Waals surface area (Å²) in [6.45, 7) is 1.69. The fourth-order valence-corrected chi connectivity index (χ4v) is 3.90. The minimum atomic E-state index is -1.35. The summed E-state index contributed by atoms with van der Waals surface area (Å²) in [6.07, 6.45) is 0.850. The summed E-state index contributed by atoms with van der Waals surface area (Å²) in [4.78, 5) is 0. The van der Waals surface area contributed by atoms with Gasteiger partial charge in [0, 0.05) is 16.7 Å². The summed E-state index contributed by atoms with van der Waals surface area (Å²) in [6, 6.07) is 18.0. The van der Waals surface area contributed by atoms with E-state index in [1.165, 1.54) is 42.5 Å². The highest BCUT2D eigenvalue weighted by molar-refractivity contribution is 5.72. The summed E-state index contributed by atoms with van der Waals surface area (Å²) in [7, 11) is 0. The average Bonchev–Trinajstić information content (AvgIpc) is 2.89.